The largest absolute Gasteiger partial charge is 0.426 e. The summed E-state index contributed by atoms with van der Waals surface area (Å²) in [5.41, 5.74) is 0. The summed E-state index contributed by atoms with van der Waals surface area (Å²) in [7, 11) is 1.58. The molecule has 0 radical (unpaired) electrons. The number of methoxy groups -OCH3 is 1. The molecule has 3 atom stereocenters. The Balaban J connectivity index is 2.49. The van der Waals surface area contributed by atoms with Crippen LogP contribution >= 0.6 is 0 Å². The van der Waals surface area contributed by atoms with Gasteiger partial charge in [-0.05, 0) is 6.42 Å². The van der Waals surface area contributed by atoms with Crippen LogP contribution in [0.25, 0.3) is 0 Å². The molecule has 1 aliphatic rings. The van der Waals surface area contributed by atoms with Crippen LogP contribution in [-0.2, 0) is 28.5 Å². The van der Waals surface area contributed by atoms with Crippen LogP contribution < -0.4 is 0 Å². The van der Waals surface area contributed by atoms with E-state index >= 15 is 0 Å². The fourth-order valence-corrected chi connectivity index (χ4v) is 1.99. The molecule has 1 fully saturated rings. The molecule has 1 aliphatic heterocycles. The van der Waals surface area contributed by atoms with Crippen molar-refractivity contribution in [2.24, 2.45) is 11.8 Å². The maximum absolute atomic E-state index is 12.0. The minimum atomic E-state index is -0.860. The quantitative estimate of drug-likeness (QED) is 0.536. The van der Waals surface area contributed by atoms with Crippen molar-refractivity contribution in [3.8, 4) is 0 Å². The van der Waals surface area contributed by atoms with E-state index in [0.717, 1.165) is 0 Å². The number of carbonyl (C=O) groups excluding carboxylic acids is 2. The highest BCUT2D eigenvalue weighted by molar-refractivity contribution is 5.73. The molecule has 0 amide bonds. The molecule has 0 aromatic carbocycles. The predicted molar refractivity (Wildman–Crippen MR) is 61.6 cm³/mol. The first-order valence-electron chi connectivity index (χ1n) is 5.99. The molecule has 1 rings (SSSR count). The van der Waals surface area contributed by atoms with E-state index in [-0.39, 0.29) is 17.8 Å². The average Bonchev–Trinajstić information content (AvgIpc) is 2.28. The van der Waals surface area contributed by atoms with Gasteiger partial charge in [0.15, 0.2) is 0 Å². The van der Waals surface area contributed by atoms with Crippen molar-refractivity contribution < 1.29 is 28.5 Å². The van der Waals surface area contributed by atoms with Gasteiger partial charge in [-0.15, -0.1) is 0 Å². The van der Waals surface area contributed by atoms with Gasteiger partial charge < -0.3 is 18.9 Å². The van der Waals surface area contributed by atoms with Gasteiger partial charge in [-0.25, -0.2) is 0 Å². The minimum Gasteiger partial charge on any atom is -0.426 e. The van der Waals surface area contributed by atoms with Crippen LogP contribution in [0.5, 0.6) is 0 Å². The number of hydrogen-bond donors (Lipinski definition) is 0. The third kappa shape index (κ3) is 4.62. The molecule has 0 bridgehead atoms. The Bertz CT molecular complexity index is 288. The number of ether oxygens (including phenoxy) is 4. The van der Waals surface area contributed by atoms with E-state index in [9.17, 15) is 9.59 Å². The molecule has 6 heteroatoms. The molecule has 0 aliphatic carbocycles. The van der Waals surface area contributed by atoms with Crippen molar-refractivity contribution in [3.05, 3.63) is 0 Å². The Morgan fingerprint density at radius 2 is 2.11 bits per heavy atom. The normalized spacial score (nSPS) is 25.3. The van der Waals surface area contributed by atoms with Crippen molar-refractivity contribution in [2.45, 2.75) is 26.6 Å². The SMILES string of the molecule is COCC1COCCC1C(=O)OC(C)OC(C)=O. The average molecular weight is 260 g/mol. The van der Waals surface area contributed by atoms with Gasteiger partial charge in [0.25, 0.3) is 0 Å². The third-order valence-corrected chi connectivity index (χ3v) is 2.77. The molecule has 1 heterocycles. The Hall–Kier alpha value is -1.14. The monoisotopic (exact) mass is 260 g/mol. The minimum absolute atomic E-state index is 0.0132. The van der Waals surface area contributed by atoms with Crippen molar-refractivity contribution in [1.29, 1.82) is 0 Å². The van der Waals surface area contributed by atoms with Crippen molar-refractivity contribution in [1.82, 2.24) is 0 Å². The first-order valence-corrected chi connectivity index (χ1v) is 5.99. The predicted octanol–water partition coefficient (Wildman–Crippen LogP) is 0.738. The summed E-state index contributed by atoms with van der Waals surface area (Å²) < 4.78 is 20.2. The Kier molecular flexibility index (Phi) is 6.07. The van der Waals surface area contributed by atoms with E-state index in [1.165, 1.54) is 13.8 Å². The lowest BCUT2D eigenvalue weighted by Crippen LogP contribution is -2.38. The van der Waals surface area contributed by atoms with Gasteiger partial charge in [-0.2, -0.15) is 0 Å². The van der Waals surface area contributed by atoms with Crippen LogP contribution in [0.2, 0.25) is 0 Å². The summed E-state index contributed by atoms with van der Waals surface area (Å²) in [6.07, 6.45) is -0.263. The van der Waals surface area contributed by atoms with Crippen molar-refractivity contribution in [3.63, 3.8) is 0 Å². The lowest BCUT2D eigenvalue weighted by atomic mass is 9.89. The molecule has 6 nitrogen and oxygen atoms in total. The molecule has 0 N–H and O–H groups in total. The standard InChI is InChI=1S/C12H20O6/c1-8(13)17-9(2)18-12(14)11-4-5-16-7-10(11)6-15-3/h9-11H,4-7H2,1-3H3. The van der Waals surface area contributed by atoms with Gasteiger partial charge in [0.2, 0.25) is 6.29 Å². The van der Waals surface area contributed by atoms with Crippen LogP contribution in [0.4, 0.5) is 0 Å². The highest BCUT2D eigenvalue weighted by atomic mass is 16.7. The van der Waals surface area contributed by atoms with Crippen molar-refractivity contribution in [2.75, 3.05) is 26.9 Å². The summed E-state index contributed by atoms with van der Waals surface area (Å²) in [6, 6.07) is 0. The molecular weight excluding hydrogens is 240 g/mol. The van der Waals surface area contributed by atoms with E-state index in [2.05, 4.69) is 0 Å². The summed E-state index contributed by atoms with van der Waals surface area (Å²) >= 11 is 0. The maximum Gasteiger partial charge on any atom is 0.312 e. The zero-order valence-electron chi connectivity index (χ0n) is 11.0. The molecular formula is C12H20O6. The molecule has 3 unspecified atom stereocenters. The van der Waals surface area contributed by atoms with Crippen LogP contribution in [-0.4, -0.2) is 45.2 Å². The van der Waals surface area contributed by atoms with Crippen LogP contribution in [0.3, 0.4) is 0 Å². The highest BCUT2D eigenvalue weighted by Gasteiger charge is 2.33. The Morgan fingerprint density at radius 3 is 2.72 bits per heavy atom. The van der Waals surface area contributed by atoms with Gasteiger partial charge >= 0.3 is 11.9 Å². The maximum atomic E-state index is 12.0. The van der Waals surface area contributed by atoms with E-state index in [0.29, 0.717) is 26.2 Å². The van der Waals surface area contributed by atoms with Crippen LogP contribution in [0.1, 0.15) is 20.3 Å². The van der Waals surface area contributed by atoms with E-state index in [1.807, 2.05) is 0 Å². The van der Waals surface area contributed by atoms with Crippen molar-refractivity contribution >= 4 is 11.9 Å². The van der Waals surface area contributed by atoms with E-state index < -0.39 is 12.3 Å². The van der Waals surface area contributed by atoms with Gasteiger partial charge in [0, 0.05) is 33.5 Å². The van der Waals surface area contributed by atoms with Crippen LogP contribution in [0, 0.1) is 11.8 Å². The molecule has 0 spiro atoms. The first kappa shape index (κ1) is 14.9. The van der Waals surface area contributed by atoms with Gasteiger partial charge in [-0.1, -0.05) is 0 Å². The molecule has 0 aromatic heterocycles. The molecule has 0 saturated carbocycles. The van der Waals surface area contributed by atoms with Gasteiger partial charge in [0.05, 0.1) is 19.1 Å². The summed E-state index contributed by atoms with van der Waals surface area (Å²) in [4.78, 5) is 22.7. The number of hydrogen-bond acceptors (Lipinski definition) is 6. The topological polar surface area (TPSA) is 71.1 Å². The molecule has 104 valence electrons. The molecule has 1 saturated heterocycles. The second-order valence-electron chi connectivity index (χ2n) is 4.30. The second kappa shape index (κ2) is 7.33. The fraction of sp³-hybridized carbons (Fsp3) is 0.833. The lowest BCUT2D eigenvalue weighted by Gasteiger charge is -2.30. The number of rotatable bonds is 5. The zero-order chi connectivity index (χ0) is 13.5. The Morgan fingerprint density at radius 1 is 1.39 bits per heavy atom. The summed E-state index contributed by atoms with van der Waals surface area (Å²) in [5, 5.41) is 0. The third-order valence-electron chi connectivity index (χ3n) is 2.77. The zero-order valence-corrected chi connectivity index (χ0v) is 11.0. The number of carbonyl (C=O) groups is 2. The smallest absolute Gasteiger partial charge is 0.312 e. The lowest BCUT2D eigenvalue weighted by molar-refractivity contribution is -0.190. The fourth-order valence-electron chi connectivity index (χ4n) is 1.99. The summed E-state index contributed by atoms with van der Waals surface area (Å²) in [6.45, 7) is 4.25. The van der Waals surface area contributed by atoms with E-state index in [4.69, 9.17) is 18.9 Å². The summed E-state index contributed by atoms with van der Waals surface area (Å²) in [5.74, 6) is -1.12. The molecule has 0 aromatic rings. The van der Waals surface area contributed by atoms with Crippen LogP contribution in [0.15, 0.2) is 0 Å². The van der Waals surface area contributed by atoms with Gasteiger partial charge in [0.1, 0.15) is 0 Å². The second-order valence-corrected chi connectivity index (χ2v) is 4.30. The highest BCUT2D eigenvalue weighted by Crippen LogP contribution is 2.24. The van der Waals surface area contributed by atoms with Gasteiger partial charge in [-0.3, -0.25) is 9.59 Å². The number of esters is 2. The van der Waals surface area contributed by atoms with E-state index in [1.54, 1.807) is 7.11 Å². The molecule has 18 heavy (non-hydrogen) atoms. The Labute approximate surface area is 107 Å². The first-order chi connectivity index (χ1) is 8.54.